The Balaban J connectivity index is 1.31. The summed E-state index contributed by atoms with van der Waals surface area (Å²) in [4.78, 5) is 32.0. The molecule has 0 bridgehead atoms. The third-order valence-electron chi connectivity index (χ3n) is 6.56. The predicted molar refractivity (Wildman–Crippen MR) is 98.6 cm³/mol. The summed E-state index contributed by atoms with van der Waals surface area (Å²) >= 11 is 0. The Morgan fingerprint density at radius 2 is 1.73 bits per heavy atom. The van der Waals surface area contributed by atoms with Gasteiger partial charge in [0, 0.05) is 51.1 Å². The minimum Gasteiger partial charge on any atom is -0.379 e. The van der Waals surface area contributed by atoms with Crippen LogP contribution in [0.1, 0.15) is 44.9 Å². The van der Waals surface area contributed by atoms with Crippen LogP contribution < -0.4 is 0 Å². The summed E-state index contributed by atoms with van der Waals surface area (Å²) in [5, 5.41) is 0. The molecular weight excluding hydrogens is 330 g/mol. The van der Waals surface area contributed by atoms with Crippen LogP contribution in [-0.4, -0.2) is 85.0 Å². The van der Waals surface area contributed by atoms with Gasteiger partial charge in [0.1, 0.15) is 0 Å². The second kappa shape index (κ2) is 8.26. The maximum Gasteiger partial charge on any atom is 0.225 e. The lowest BCUT2D eigenvalue weighted by Crippen LogP contribution is -2.48. The molecule has 146 valence electrons. The van der Waals surface area contributed by atoms with Crippen LogP contribution in [-0.2, 0) is 14.3 Å². The highest BCUT2D eigenvalue weighted by Gasteiger charge is 2.40. The summed E-state index contributed by atoms with van der Waals surface area (Å²) in [6.07, 6.45) is 7.38. The van der Waals surface area contributed by atoms with E-state index in [0.717, 1.165) is 91.0 Å². The molecule has 2 aliphatic heterocycles. The molecule has 0 spiro atoms. The summed E-state index contributed by atoms with van der Waals surface area (Å²) in [5.74, 6) is 1.21. The van der Waals surface area contributed by atoms with E-state index in [-0.39, 0.29) is 17.9 Å². The van der Waals surface area contributed by atoms with Gasteiger partial charge in [0.25, 0.3) is 0 Å². The largest absolute Gasteiger partial charge is 0.379 e. The summed E-state index contributed by atoms with van der Waals surface area (Å²) < 4.78 is 5.42. The lowest BCUT2D eigenvalue weighted by atomic mass is 9.84. The number of rotatable bonds is 7. The smallest absolute Gasteiger partial charge is 0.225 e. The topological polar surface area (TPSA) is 53.1 Å². The van der Waals surface area contributed by atoms with Gasteiger partial charge >= 0.3 is 0 Å². The zero-order valence-corrected chi connectivity index (χ0v) is 15.9. The van der Waals surface area contributed by atoms with Crippen molar-refractivity contribution in [2.75, 3.05) is 52.5 Å². The molecule has 1 atom stereocenters. The van der Waals surface area contributed by atoms with Crippen LogP contribution >= 0.6 is 0 Å². The fraction of sp³-hybridized carbons (Fsp3) is 0.900. The van der Waals surface area contributed by atoms with Gasteiger partial charge in [0.15, 0.2) is 0 Å². The Kier molecular flexibility index (Phi) is 5.79. The third kappa shape index (κ3) is 4.22. The van der Waals surface area contributed by atoms with Gasteiger partial charge < -0.3 is 14.5 Å². The lowest BCUT2D eigenvalue weighted by Gasteiger charge is -2.36. The zero-order chi connectivity index (χ0) is 17.9. The van der Waals surface area contributed by atoms with Gasteiger partial charge in [-0.15, -0.1) is 0 Å². The average molecular weight is 364 g/mol. The number of nitrogens with zero attached hydrogens (tertiary/aromatic N) is 3. The Morgan fingerprint density at radius 1 is 0.962 bits per heavy atom. The number of morpholine rings is 1. The van der Waals surface area contributed by atoms with Crippen molar-refractivity contribution >= 4 is 11.8 Å². The van der Waals surface area contributed by atoms with Crippen molar-refractivity contribution < 1.29 is 14.3 Å². The highest BCUT2D eigenvalue weighted by molar-refractivity contribution is 5.82. The maximum absolute atomic E-state index is 13.0. The highest BCUT2D eigenvalue weighted by Crippen LogP contribution is 2.34. The van der Waals surface area contributed by atoms with Crippen LogP contribution in [0.2, 0.25) is 0 Å². The molecule has 4 aliphatic rings. The van der Waals surface area contributed by atoms with Gasteiger partial charge in [-0.25, -0.2) is 0 Å². The van der Waals surface area contributed by atoms with Crippen LogP contribution in [0.25, 0.3) is 0 Å². The number of carbonyl (C=O) groups is 2. The summed E-state index contributed by atoms with van der Waals surface area (Å²) in [5.41, 5.74) is 0. The molecular formula is C20H33N3O3. The molecule has 6 nitrogen and oxygen atoms in total. The van der Waals surface area contributed by atoms with Gasteiger partial charge in [-0.05, 0) is 38.5 Å². The highest BCUT2D eigenvalue weighted by atomic mass is 16.5. The second-order valence-electron chi connectivity index (χ2n) is 8.47. The van der Waals surface area contributed by atoms with E-state index < -0.39 is 0 Å². The van der Waals surface area contributed by atoms with E-state index >= 15 is 0 Å². The molecule has 4 fully saturated rings. The fourth-order valence-electron chi connectivity index (χ4n) is 4.44. The minimum atomic E-state index is 0.232. The Hall–Kier alpha value is -1.14. The molecule has 2 amide bonds. The van der Waals surface area contributed by atoms with Crippen LogP contribution in [0.3, 0.4) is 0 Å². The summed E-state index contributed by atoms with van der Waals surface area (Å²) in [7, 11) is 0. The average Bonchev–Trinajstić information content (AvgIpc) is 3.35. The minimum absolute atomic E-state index is 0.232. The zero-order valence-electron chi connectivity index (χ0n) is 15.9. The molecule has 2 aliphatic carbocycles. The molecule has 0 radical (unpaired) electrons. The maximum atomic E-state index is 13.0. The molecule has 2 heterocycles. The van der Waals surface area contributed by atoms with Crippen molar-refractivity contribution in [2.24, 2.45) is 11.8 Å². The van der Waals surface area contributed by atoms with Gasteiger partial charge in [0.2, 0.25) is 11.8 Å². The van der Waals surface area contributed by atoms with Crippen LogP contribution in [0.5, 0.6) is 0 Å². The summed E-state index contributed by atoms with van der Waals surface area (Å²) in [6.45, 7) is 7.12. The molecule has 4 rings (SSSR count). The number of hydrogen-bond acceptors (Lipinski definition) is 4. The van der Waals surface area contributed by atoms with E-state index in [2.05, 4.69) is 9.80 Å². The summed E-state index contributed by atoms with van der Waals surface area (Å²) in [6, 6.07) is 0.232. The fourth-order valence-corrected chi connectivity index (χ4v) is 4.44. The van der Waals surface area contributed by atoms with Crippen molar-refractivity contribution in [1.29, 1.82) is 0 Å². The Bertz CT molecular complexity index is 512. The normalized spacial score (nSPS) is 27.4. The second-order valence-corrected chi connectivity index (χ2v) is 8.47. The quantitative estimate of drug-likeness (QED) is 0.685. The van der Waals surface area contributed by atoms with Crippen molar-refractivity contribution in [2.45, 2.75) is 51.0 Å². The van der Waals surface area contributed by atoms with Crippen LogP contribution in [0, 0.1) is 11.8 Å². The molecule has 6 heteroatoms. The molecule has 2 saturated heterocycles. The SMILES string of the molecule is O=C(C1CC1)N1CCC(N(CCCN2CCOCC2)C(=O)C2CCC2)C1. The lowest BCUT2D eigenvalue weighted by molar-refractivity contribution is -0.141. The first kappa shape index (κ1) is 18.2. The third-order valence-corrected chi connectivity index (χ3v) is 6.56. The van der Waals surface area contributed by atoms with Crippen molar-refractivity contribution in [3.8, 4) is 0 Å². The van der Waals surface area contributed by atoms with E-state index in [1.807, 2.05) is 4.90 Å². The first-order chi connectivity index (χ1) is 12.7. The van der Waals surface area contributed by atoms with Crippen molar-refractivity contribution in [3.05, 3.63) is 0 Å². The van der Waals surface area contributed by atoms with Crippen LogP contribution in [0.4, 0.5) is 0 Å². The Labute approximate surface area is 156 Å². The number of amides is 2. The molecule has 2 saturated carbocycles. The number of likely N-dealkylation sites (tertiary alicyclic amines) is 1. The Morgan fingerprint density at radius 3 is 2.38 bits per heavy atom. The standard InChI is InChI=1S/C20H33N3O3/c24-19(17-5-6-17)22-10-7-18(15-22)23(20(25)16-3-1-4-16)9-2-8-21-11-13-26-14-12-21/h16-18H,1-15H2. The molecule has 26 heavy (non-hydrogen) atoms. The van der Waals surface area contributed by atoms with Crippen molar-refractivity contribution in [1.82, 2.24) is 14.7 Å². The number of ether oxygens (including phenoxy) is 1. The molecule has 0 aromatic carbocycles. The monoisotopic (exact) mass is 363 g/mol. The van der Waals surface area contributed by atoms with Crippen LogP contribution in [0.15, 0.2) is 0 Å². The van der Waals surface area contributed by atoms with Crippen molar-refractivity contribution in [3.63, 3.8) is 0 Å². The van der Waals surface area contributed by atoms with Gasteiger partial charge in [-0.3, -0.25) is 14.5 Å². The molecule has 1 unspecified atom stereocenters. The molecule has 0 N–H and O–H groups in total. The van der Waals surface area contributed by atoms with Gasteiger partial charge in [-0.2, -0.15) is 0 Å². The predicted octanol–water partition coefficient (Wildman–Crippen LogP) is 1.35. The molecule has 0 aromatic rings. The number of hydrogen-bond donors (Lipinski definition) is 0. The van der Waals surface area contributed by atoms with E-state index in [0.29, 0.717) is 11.8 Å². The van der Waals surface area contributed by atoms with E-state index in [1.165, 1.54) is 6.42 Å². The van der Waals surface area contributed by atoms with Gasteiger partial charge in [-0.1, -0.05) is 6.42 Å². The van der Waals surface area contributed by atoms with E-state index in [9.17, 15) is 9.59 Å². The van der Waals surface area contributed by atoms with E-state index in [1.54, 1.807) is 0 Å². The van der Waals surface area contributed by atoms with Gasteiger partial charge in [0.05, 0.1) is 19.3 Å². The first-order valence-electron chi connectivity index (χ1n) is 10.6. The van der Waals surface area contributed by atoms with E-state index in [4.69, 9.17) is 4.74 Å². The first-order valence-corrected chi connectivity index (χ1v) is 10.6. The molecule has 0 aromatic heterocycles. The number of carbonyl (C=O) groups excluding carboxylic acids is 2.